The van der Waals surface area contributed by atoms with Crippen LogP contribution in [0.5, 0.6) is 5.75 Å². The molecule has 0 saturated carbocycles. The maximum Gasteiger partial charge on any atom is 0.363 e. The van der Waals surface area contributed by atoms with E-state index >= 15 is 0 Å². The average Bonchev–Trinajstić information content (AvgIpc) is 3.10. The molecule has 5 nitrogen and oxygen atoms in total. The lowest BCUT2D eigenvalue weighted by molar-refractivity contribution is -0.129. The van der Waals surface area contributed by atoms with Crippen molar-refractivity contribution in [3.05, 3.63) is 105 Å². The summed E-state index contributed by atoms with van der Waals surface area (Å²) in [7, 11) is 0. The molecule has 0 unspecified atom stereocenters. The maximum atomic E-state index is 12.3. The van der Waals surface area contributed by atoms with Crippen LogP contribution >= 0.6 is 27.5 Å². The largest absolute Gasteiger partial charge is 0.423 e. The first-order valence-corrected chi connectivity index (χ1v) is 10.0. The number of aliphatic imine (C=N–C) groups is 1. The van der Waals surface area contributed by atoms with Gasteiger partial charge in [0.15, 0.2) is 5.70 Å². The third-order valence-electron chi connectivity index (χ3n) is 4.21. The van der Waals surface area contributed by atoms with Gasteiger partial charge in [0.05, 0.1) is 16.1 Å². The standard InChI is InChI=1S/C23H13BrClNO4/c24-18-7-3-1-5-16(18)22(27)29-15-11-9-14(10-12-15)13-20-23(28)30-21(26-20)17-6-2-4-8-19(17)25/h1-13H/b20-13-. The van der Waals surface area contributed by atoms with Crippen molar-refractivity contribution in [2.45, 2.75) is 0 Å². The van der Waals surface area contributed by atoms with Crippen LogP contribution in [0.25, 0.3) is 6.08 Å². The Kier molecular flexibility index (Phi) is 5.79. The van der Waals surface area contributed by atoms with Crippen molar-refractivity contribution < 1.29 is 19.1 Å². The van der Waals surface area contributed by atoms with Crippen molar-refractivity contribution in [2.75, 3.05) is 0 Å². The van der Waals surface area contributed by atoms with E-state index in [1.54, 1.807) is 72.8 Å². The van der Waals surface area contributed by atoms with E-state index in [-0.39, 0.29) is 11.6 Å². The van der Waals surface area contributed by atoms with E-state index < -0.39 is 11.9 Å². The molecule has 0 atom stereocenters. The Morgan fingerprint density at radius 2 is 1.70 bits per heavy atom. The minimum Gasteiger partial charge on any atom is -0.423 e. The Bertz CT molecular complexity index is 1200. The van der Waals surface area contributed by atoms with E-state index in [0.717, 1.165) is 0 Å². The second-order valence-electron chi connectivity index (χ2n) is 6.25. The summed E-state index contributed by atoms with van der Waals surface area (Å²) in [6, 6.07) is 20.7. The van der Waals surface area contributed by atoms with E-state index in [4.69, 9.17) is 21.1 Å². The summed E-state index contributed by atoms with van der Waals surface area (Å²) in [6.45, 7) is 0. The molecule has 0 bridgehead atoms. The first-order valence-electron chi connectivity index (χ1n) is 8.85. The lowest BCUT2D eigenvalue weighted by Crippen LogP contribution is -2.09. The van der Waals surface area contributed by atoms with E-state index in [2.05, 4.69) is 20.9 Å². The van der Waals surface area contributed by atoms with Gasteiger partial charge in [-0.1, -0.05) is 48.0 Å². The molecule has 148 valence electrons. The van der Waals surface area contributed by atoms with Crippen LogP contribution in [0.3, 0.4) is 0 Å². The number of carbonyl (C=O) groups is 2. The van der Waals surface area contributed by atoms with Gasteiger partial charge in [-0.3, -0.25) is 0 Å². The fourth-order valence-corrected chi connectivity index (χ4v) is 3.40. The number of esters is 2. The highest BCUT2D eigenvalue weighted by molar-refractivity contribution is 9.10. The lowest BCUT2D eigenvalue weighted by Gasteiger charge is -2.06. The summed E-state index contributed by atoms with van der Waals surface area (Å²) in [5.74, 6) is -0.487. The zero-order chi connectivity index (χ0) is 21.1. The SMILES string of the molecule is O=C1OC(c2ccccc2Cl)=N/C1=C\c1ccc(OC(=O)c2ccccc2Br)cc1. The highest BCUT2D eigenvalue weighted by Crippen LogP contribution is 2.24. The van der Waals surface area contributed by atoms with Gasteiger partial charge in [0, 0.05) is 4.47 Å². The van der Waals surface area contributed by atoms with Crippen LogP contribution in [0.1, 0.15) is 21.5 Å². The van der Waals surface area contributed by atoms with Gasteiger partial charge < -0.3 is 9.47 Å². The van der Waals surface area contributed by atoms with E-state index in [1.165, 1.54) is 0 Å². The van der Waals surface area contributed by atoms with Crippen molar-refractivity contribution in [3.63, 3.8) is 0 Å². The molecule has 0 spiro atoms. The molecule has 0 amide bonds. The number of benzene rings is 3. The van der Waals surface area contributed by atoms with Crippen LogP contribution < -0.4 is 4.74 Å². The molecule has 0 aliphatic carbocycles. The van der Waals surface area contributed by atoms with Crippen LogP contribution in [-0.2, 0) is 9.53 Å². The van der Waals surface area contributed by atoms with Crippen molar-refractivity contribution in [3.8, 4) is 5.75 Å². The number of ether oxygens (including phenoxy) is 2. The Labute approximate surface area is 185 Å². The predicted molar refractivity (Wildman–Crippen MR) is 118 cm³/mol. The molecule has 4 rings (SSSR count). The normalized spacial score (nSPS) is 14.4. The van der Waals surface area contributed by atoms with Crippen molar-refractivity contribution in [2.24, 2.45) is 4.99 Å². The highest BCUT2D eigenvalue weighted by atomic mass is 79.9. The van der Waals surface area contributed by atoms with Crippen molar-refractivity contribution in [1.29, 1.82) is 0 Å². The van der Waals surface area contributed by atoms with Gasteiger partial charge in [0.25, 0.3) is 0 Å². The average molecular weight is 483 g/mol. The monoisotopic (exact) mass is 481 g/mol. The Balaban J connectivity index is 1.51. The molecule has 0 radical (unpaired) electrons. The zero-order valence-electron chi connectivity index (χ0n) is 15.3. The van der Waals surface area contributed by atoms with Gasteiger partial charge >= 0.3 is 11.9 Å². The van der Waals surface area contributed by atoms with Crippen LogP contribution in [0, 0.1) is 0 Å². The first kappa shape index (κ1) is 20.1. The van der Waals surface area contributed by atoms with Crippen molar-refractivity contribution >= 4 is 51.4 Å². The number of cyclic esters (lactones) is 1. The van der Waals surface area contributed by atoms with E-state index in [1.807, 2.05) is 6.07 Å². The second kappa shape index (κ2) is 8.65. The van der Waals surface area contributed by atoms with Gasteiger partial charge in [0.2, 0.25) is 5.90 Å². The Morgan fingerprint density at radius 1 is 1.00 bits per heavy atom. The molecule has 1 heterocycles. The zero-order valence-corrected chi connectivity index (χ0v) is 17.7. The van der Waals surface area contributed by atoms with Gasteiger partial charge in [-0.15, -0.1) is 0 Å². The number of rotatable bonds is 4. The van der Waals surface area contributed by atoms with Gasteiger partial charge in [-0.05, 0) is 64.0 Å². The summed E-state index contributed by atoms with van der Waals surface area (Å²) >= 11 is 9.47. The fourth-order valence-electron chi connectivity index (χ4n) is 2.74. The molecular formula is C23H13BrClNO4. The third-order valence-corrected chi connectivity index (χ3v) is 5.23. The first-order chi connectivity index (χ1) is 14.5. The number of hydrogen-bond donors (Lipinski definition) is 0. The Morgan fingerprint density at radius 3 is 2.43 bits per heavy atom. The number of nitrogens with zero attached hydrogens (tertiary/aromatic N) is 1. The molecule has 0 aromatic heterocycles. The molecule has 1 aliphatic rings. The minimum absolute atomic E-state index is 0.155. The highest BCUT2D eigenvalue weighted by Gasteiger charge is 2.25. The third kappa shape index (κ3) is 4.35. The topological polar surface area (TPSA) is 65.0 Å². The molecule has 3 aromatic rings. The Hall–Kier alpha value is -3.22. The molecule has 0 saturated heterocycles. The molecule has 30 heavy (non-hydrogen) atoms. The summed E-state index contributed by atoms with van der Waals surface area (Å²) in [6.07, 6.45) is 1.59. The van der Waals surface area contributed by atoms with Crippen molar-refractivity contribution in [1.82, 2.24) is 0 Å². The predicted octanol–water partition coefficient (Wildman–Crippen LogP) is 5.67. The second-order valence-corrected chi connectivity index (χ2v) is 7.52. The summed E-state index contributed by atoms with van der Waals surface area (Å²) in [4.78, 5) is 28.7. The van der Waals surface area contributed by atoms with Gasteiger partial charge in [-0.2, -0.15) is 0 Å². The number of carbonyl (C=O) groups excluding carboxylic acids is 2. The smallest absolute Gasteiger partial charge is 0.363 e. The maximum absolute atomic E-state index is 12.3. The van der Waals surface area contributed by atoms with Gasteiger partial charge in [-0.25, -0.2) is 14.6 Å². The fraction of sp³-hybridized carbons (Fsp3) is 0. The van der Waals surface area contributed by atoms with Crippen LogP contribution in [0.2, 0.25) is 5.02 Å². The summed E-state index contributed by atoms with van der Waals surface area (Å²) < 4.78 is 11.3. The van der Waals surface area contributed by atoms with Crippen LogP contribution in [0.15, 0.2) is 88.0 Å². The minimum atomic E-state index is -0.561. The van der Waals surface area contributed by atoms with E-state index in [0.29, 0.717) is 31.9 Å². The molecule has 1 aliphatic heterocycles. The molecular weight excluding hydrogens is 470 g/mol. The molecule has 7 heteroatoms. The summed E-state index contributed by atoms with van der Waals surface area (Å²) in [5, 5.41) is 0.446. The summed E-state index contributed by atoms with van der Waals surface area (Å²) in [5.41, 5.74) is 1.83. The van der Waals surface area contributed by atoms with Gasteiger partial charge in [0.1, 0.15) is 5.75 Å². The van der Waals surface area contributed by atoms with Crippen LogP contribution in [0.4, 0.5) is 0 Å². The number of halogens is 2. The molecule has 3 aromatic carbocycles. The number of hydrogen-bond acceptors (Lipinski definition) is 5. The molecule has 0 fully saturated rings. The van der Waals surface area contributed by atoms with Crippen LogP contribution in [-0.4, -0.2) is 17.8 Å². The molecule has 0 N–H and O–H groups in total. The lowest BCUT2D eigenvalue weighted by atomic mass is 10.2. The van der Waals surface area contributed by atoms with E-state index in [9.17, 15) is 9.59 Å². The quantitative estimate of drug-likeness (QED) is 0.273.